The van der Waals surface area contributed by atoms with E-state index in [1.165, 1.54) is 19.3 Å². The maximum atomic E-state index is 5.98. The number of aliphatic imine (C=N–C) groups is 1. The van der Waals surface area contributed by atoms with Crippen LogP contribution >= 0.6 is 24.0 Å². The first-order valence-electron chi connectivity index (χ1n) is 9.36. The molecule has 0 spiro atoms. The third-order valence-electron chi connectivity index (χ3n) is 4.96. The van der Waals surface area contributed by atoms with E-state index < -0.39 is 0 Å². The highest BCUT2D eigenvalue weighted by atomic mass is 127. The van der Waals surface area contributed by atoms with Gasteiger partial charge in [-0.2, -0.15) is 0 Å². The second kappa shape index (κ2) is 11.6. The van der Waals surface area contributed by atoms with Crippen molar-refractivity contribution in [2.24, 2.45) is 16.6 Å². The largest absolute Gasteiger partial charge is 0.492 e. The standard InChI is InChI=1S/C19H30N4O2.HI/c20-19(21-14-16-4-3-5-16)22-15-17-6-1-2-7-18(17)25-13-10-23-8-11-24-12-9-23;/h1-2,6-7,16H,3-5,8-15H2,(H3,20,21,22);1H. The SMILES string of the molecule is I.NC(=NCc1ccccc1OCCN1CCOCC1)NCC1CCC1. The van der Waals surface area contributed by atoms with Crippen LogP contribution in [0.1, 0.15) is 24.8 Å². The van der Waals surface area contributed by atoms with E-state index in [1.807, 2.05) is 24.3 Å². The monoisotopic (exact) mass is 474 g/mol. The van der Waals surface area contributed by atoms with Gasteiger partial charge in [0.25, 0.3) is 0 Å². The molecule has 2 fully saturated rings. The van der Waals surface area contributed by atoms with Crippen molar-refractivity contribution in [3.05, 3.63) is 29.8 Å². The predicted molar refractivity (Wildman–Crippen MR) is 115 cm³/mol. The zero-order valence-electron chi connectivity index (χ0n) is 15.4. The van der Waals surface area contributed by atoms with Gasteiger partial charge < -0.3 is 20.5 Å². The fraction of sp³-hybridized carbons (Fsp3) is 0.632. The van der Waals surface area contributed by atoms with Crippen molar-refractivity contribution in [3.8, 4) is 5.75 Å². The van der Waals surface area contributed by atoms with Gasteiger partial charge in [-0.15, -0.1) is 24.0 Å². The molecule has 0 unspecified atom stereocenters. The van der Waals surface area contributed by atoms with Crippen LogP contribution in [-0.4, -0.2) is 56.9 Å². The second-order valence-electron chi connectivity index (χ2n) is 6.79. The number of hydrogen-bond acceptors (Lipinski definition) is 4. The van der Waals surface area contributed by atoms with Crippen LogP contribution in [0.25, 0.3) is 0 Å². The highest BCUT2D eigenvalue weighted by molar-refractivity contribution is 14.0. The average molecular weight is 474 g/mol. The van der Waals surface area contributed by atoms with E-state index in [2.05, 4.69) is 15.2 Å². The molecule has 0 aromatic heterocycles. The van der Waals surface area contributed by atoms with Crippen molar-refractivity contribution in [3.63, 3.8) is 0 Å². The zero-order valence-corrected chi connectivity index (χ0v) is 17.7. The zero-order chi connectivity index (χ0) is 17.3. The number of nitrogens with zero attached hydrogens (tertiary/aromatic N) is 2. The Hall–Kier alpha value is -1.06. The van der Waals surface area contributed by atoms with Crippen LogP contribution in [0, 0.1) is 5.92 Å². The maximum absolute atomic E-state index is 5.98. The smallest absolute Gasteiger partial charge is 0.188 e. The van der Waals surface area contributed by atoms with Crippen LogP contribution in [0.3, 0.4) is 0 Å². The van der Waals surface area contributed by atoms with Crippen LogP contribution in [0.5, 0.6) is 5.75 Å². The first-order chi connectivity index (χ1) is 12.3. The van der Waals surface area contributed by atoms with Crippen LogP contribution in [0.4, 0.5) is 0 Å². The van der Waals surface area contributed by atoms with E-state index in [0.717, 1.165) is 56.6 Å². The molecule has 1 aliphatic heterocycles. The Balaban J connectivity index is 0.00000243. The number of rotatable bonds is 8. The number of nitrogens with one attached hydrogen (secondary N) is 1. The Morgan fingerprint density at radius 2 is 2.04 bits per heavy atom. The average Bonchev–Trinajstić information content (AvgIpc) is 2.60. The van der Waals surface area contributed by atoms with Crippen LogP contribution in [0.15, 0.2) is 29.3 Å². The number of morpholine rings is 1. The number of halogens is 1. The van der Waals surface area contributed by atoms with Gasteiger partial charge in [-0.1, -0.05) is 24.6 Å². The van der Waals surface area contributed by atoms with Crippen molar-refractivity contribution < 1.29 is 9.47 Å². The van der Waals surface area contributed by atoms with E-state index >= 15 is 0 Å². The molecule has 1 saturated heterocycles. The molecule has 1 aromatic carbocycles. The summed E-state index contributed by atoms with van der Waals surface area (Å²) in [5.74, 6) is 2.19. The van der Waals surface area contributed by atoms with Crippen LogP contribution < -0.4 is 15.8 Å². The molecule has 0 amide bonds. The minimum Gasteiger partial charge on any atom is -0.492 e. The minimum absolute atomic E-state index is 0. The molecule has 1 aromatic rings. The molecular weight excluding hydrogens is 443 g/mol. The minimum atomic E-state index is 0. The molecule has 0 radical (unpaired) electrons. The van der Waals surface area contributed by atoms with E-state index in [9.17, 15) is 0 Å². The maximum Gasteiger partial charge on any atom is 0.188 e. The van der Waals surface area contributed by atoms with Gasteiger partial charge in [0.15, 0.2) is 5.96 Å². The number of ether oxygens (including phenoxy) is 2. The van der Waals surface area contributed by atoms with Gasteiger partial charge in [0.05, 0.1) is 19.8 Å². The summed E-state index contributed by atoms with van der Waals surface area (Å²) in [6.45, 7) is 6.68. The van der Waals surface area contributed by atoms with E-state index in [-0.39, 0.29) is 24.0 Å². The molecule has 0 atom stereocenters. The summed E-state index contributed by atoms with van der Waals surface area (Å²) in [5.41, 5.74) is 7.04. The second-order valence-corrected chi connectivity index (χ2v) is 6.79. The summed E-state index contributed by atoms with van der Waals surface area (Å²) < 4.78 is 11.4. The summed E-state index contributed by atoms with van der Waals surface area (Å²) >= 11 is 0. The molecule has 1 aliphatic carbocycles. The summed E-state index contributed by atoms with van der Waals surface area (Å²) in [4.78, 5) is 6.83. The number of para-hydroxylation sites is 1. The molecule has 26 heavy (non-hydrogen) atoms. The Bertz CT molecular complexity index is 560. The van der Waals surface area contributed by atoms with Gasteiger partial charge in [-0.25, -0.2) is 4.99 Å². The molecule has 1 saturated carbocycles. The van der Waals surface area contributed by atoms with E-state index in [0.29, 0.717) is 19.1 Å². The number of hydrogen-bond donors (Lipinski definition) is 2. The van der Waals surface area contributed by atoms with Crippen molar-refractivity contribution in [1.29, 1.82) is 0 Å². The first kappa shape index (κ1) is 21.2. The predicted octanol–water partition coefficient (Wildman–Crippen LogP) is 2.22. The highest BCUT2D eigenvalue weighted by Crippen LogP contribution is 2.25. The van der Waals surface area contributed by atoms with Crippen molar-refractivity contribution in [2.75, 3.05) is 46.0 Å². The number of guanidine groups is 1. The van der Waals surface area contributed by atoms with E-state index in [1.54, 1.807) is 0 Å². The lowest BCUT2D eigenvalue weighted by molar-refractivity contribution is 0.0322. The van der Waals surface area contributed by atoms with Gasteiger partial charge in [-0.05, 0) is 24.8 Å². The quantitative estimate of drug-likeness (QED) is 0.344. The molecular formula is C19H31IN4O2. The molecule has 7 heteroatoms. The number of nitrogens with two attached hydrogens (primary N) is 1. The summed E-state index contributed by atoms with van der Waals surface area (Å²) in [7, 11) is 0. The van der Waals surface area contributed by atoms with Crippen molar-refractivity contribution in [2.45, 2.75) is 25.8 Å². The van der Waals surface area contributed by atoms with E-state index in [4.69, 9.17) is 15.2 Å². The Morgan fingerprint density at radius 3 is 2.77 bits per heavy atom. The molecule has 1 heterocycles. The van der Waals surface area contributed by atoms with Gasteiger partial charge in [0.1, 0.15) is 12.4 Å². The van der Waals surface area contributed by atoms with Gasteiger partial charge in [0, 0.05) is 31.7 Å². The van der Waals surface area contributed by atoms with Crippen LogP contribution in [-0.2, 0) is 11.3 Å². The lowest BCUT2D eigenvalue weighted by atomic mass is 9.85. The van der Waals surface area contributed by atoms with Crippen LogP contribution in [0.2, 0.25) is 0 Å². The van der Waals surface area contributed by atoms with Gasteiger partial charge in [0.2, 0.25) is 0 Å². The summed E-state index contributed by atoms with van der Waals surface area (Å²) in [6.07, 6.45) is 3.96. The Morgan fingerprint density at radius 1 is 1.27 bits per heavy atom. The Kier molecular flexibility index (Phi) is 9.49. The summed E-state index contributed by atoms with van der Waals surface area (Å²) in [5, 5.41) is 3.23. The van der Waals surface area contributed by atoms with Crippen molar-refractivity contribution in [1.82, 2.24) is 10.2 Å². The molecule has 6 nitrogen and oxygen atoms in total. The topological polar surface area (TPSA) is 72.1 Å². The third kappa shape index (κ3) is 6.92. The first-order valence-corrected chi connectivity index (χ1v) is 9.36. The molecule has 2 aliphatic rings. The summed E-state index contributed by atoms with van der Waals surface area (Å²) in [6, 6.07) is 8.06. The fourth-order valence-electron chi connectivity index (χ4n) is 3.06. The third-order valence-corrected chi connectivity index (χ3v) is 4.96. The molecule has 3 rings (SSSR count). The lowest BCUT2D eigenvalue weighted by Crippen LogP contribution is -2.38. The van der Waals surface area contributed by atoms with Gasteiger partial charge >= 0.3 is 0 Å². The lowest BCUT2D eigenvalue weighted by Gasteiger charge is -2.26. The van der Waals surface area contributed by atoms with Crippen molar-refractivity contribution >= 4 is 29.9 Å². The highest BCUT2D eigenvalue weighted by Gasteiger charge is 2.16. The number of benzene rings is 1. The van der Waals surface area contributed by atoms with Gasteiger partial charge in [-0.3, -0.25) is 4.90 Å². The molecule has 3 N–H and O–H groups in total. The molecule has 146 valence electrons. The fourth-order valence-corrected chi connectivity index (χ4v) is 3.06. The Labute approximate surface area is 173 Å². The normalized spacial score (nSPS) is 18.7. The molecule has 0 bridgehead atoms.